The molecule has 0 radical (unpaired) electrons. The first-order valence-corrected chi connectivity index (χ1v) is 5.21. The first-order valence-electron chi connectivity index (χ1n) is 4.83. The highest BCUT2D eigenvalue weighted by molar-refractivity contribution is 6.31. The third-order valence-corrected chi connectivity index (χ3v) is 2.88. The van der Waals surface area contributed by atoms with Crippen LogP contribution in [0.4, 0.5) is 0 Å². The molecule has 76 valence electrons. The Morgan fingerprint density at radius 2 is 2.29 bits per heavy atom. The van der Waals surface area contributed by atoms with Gasteiger partial charge in [-0.15, -0.1) is 0 Å². The van der Waals surface area contributed by atoms with E-state index < -0.39 is 0 Å². The Morgan fingerprint density at radius 3 is 2.86 bits per heavy atom. The van der Waals surface area contributed by atoms with Gasteiger partial charge in [0.05, 0.1) is 12.7 Å². The molecule has 1 N–H and O–H groups in total. The van der Waals surface area contributed by atoms with Crippen molar-refractivity contribution in [2.24, 2.45) is 0 Å². The van der Waals surface area contributed by atoms with E-state index in [0.29, 0.717) is 12.7 Å². The van der Waals surface area contributed by atoms with Gasteiger partial charge >= 0.3 is 0 Å². The number of rotatable bonds is 3. The van der Waals surface area contributed by atoms with Gasteiger partial charge in [-0.1, -0.05) is 23.7 Å². The molecular formula is C11H14ClNO. The number of ether oxygens (including phenoxy) is 1. The molecule has 1 aliphatic heterocycles. The van der Waals surface area contributed by atoms with Crippen LogP contribution < -0.4 is 5.32 Å². The van der Waals surface area contributed by atoms with Gasteiger partial charge in [0, 0.05) is 18.1 Å². The largest absolute Gasteiger partial charge is 0.371 e. The highest BCUT2D eigenvalue weighted by Crippen LogP contribution is 2.17. The topological polar surface area (TPSA) is 21.3 Å². The molecule has 1 heterocycles. The monoisotopic (exact) mass is 211 g/mol. The van der Waals surface area contributed by atoms with Crippen molar-refractivity contribution in [1.29, 1.82) is 0 Å². The number of hydrogen-bond acceptors (Lipinski definition) is 2. The van der Waals surface area contributed by atoms with Crippen LogP contribution in [0.1, 0.15) is 11.1 Å². The van der Waals surface area contributed by atoms with Crippen LogP contribution in [-0.4, -0.2) is 19.2 Å². The molecule has 0 spiro atoms. The molecule has 0 unspecified atom stereocenters. The second kappa shape index (κ2) is 4.30. The lowest BCUT2D eigenvalue weighted by atomic mass is 10.1. The summed E-state index contributed by atoms with van der Waals surface area (Å²) in [5, 5.41) is 3.99. The molecule has 0 atom stereocenters. The van der Waals surface area contributed by atoms with Crippen LogP contribution in [-0.2, 0) is 11.3 Å². The molecule has 2 rings (SSSR count). The van der Waals surface area contributed by atoms with Crippen molar-refractivity contribution in [1.82, 2.24) is 5.32 Å². The van der Waals surface area contributed by atoms with E-state index in [1.165, 1.54) is 5.56 Å². The quantitative estimate of drug-likeness (QED) is 0.827. The lowest BCUT2D eigenvalue weighted by Gasteiger charge is -2.27. The van der Waals surface area contributed by atoms with Crippen molar-refractivity contribution >= 4 is 11.6 Å². The number of nitrogens with one attached hydrogen (secondary N) is 1. The van der Waals surface area contributed by atoms with Crippen LogP contribution >= 0.6 is 11.6 Å². The van der Waals surface area contributed by atoms with Crippen LogP contribution in [0.2, 0.25) is 5.02 Å². The average molecular weight is 212 g/mol. The summed E-state index contributed by atoms with van der Waals surface area (Å²) in [4.78, 5) is 0. The van der Waals surface area contributed by atoms with Crippen LogP contribution in [0.25, 0.3) is 0 Å². The van der Waals surface area contributed by atoms with Crippen molar-refractivity contribution in [3.8, 4) is 0 Å². The van der Waals surface area contributed by atoms with Crippen LogP contribution in [0.5, 0.6) is 0 Å². The van der Waals surface area contributed by atoms with Gasteiger partial charge in [-0.2, -0.15) is 0 Å². The van der Waals surface area contributed by atoms with Crippen molar-refractivity contribution in [2.45, 2.75) is 19.6 Å². The van der Waals surface area contributed by atoms with E-state index in [1.807, 2.05) is 19.1 Å². The maximum Gasteiger partial charge on any atom is 0.0828 e. The molecule has 1 aromatic rings. The predicted octanol–water partition coefficient (Wildman–Crippen LogP) is 2.14. The second-order valence-corrected chi connectivity index (χ2v) is 4.08. The molecule has 0 bridgehead atoms. The third kappa shape index (κ3) is 2.27. The SMILES string of the molecule is Cc1cc(COC2CNC2)ccc1Cl. The Bertz CT molecular complexity index is 323. The summed E-state index contributed by atoms with van der Waals surface area (Å²) in [5.41, 5.74) is 2.30. The first-order chi connectivity index (χ1) is 6.75. The fourth-order valence-corrected chi connectivity index (χ4v) is 1.51. The average Bonchev–Trinajstić information content (AvgIpc) is 2.08. The van der Waals surface area contributed by atoms with E-state index in [4.69, 9.17) is 16.3 Å². The van der Waals surface area contributed by atoms with E-state index in [0.717, 1.165) is 23.7 Å². The fraction of sp³-hybridized carbons (Fsp3) is 0.455. The van der Waals surface area contributed by atoms with Gasteiger partial charge in [-0.3, -0.25) is 0 Å². The predicted molar refractivity (Wildman–Crippen MR) is 57.6 cm³/mol. The molecule has 2 nitrogen and oxygen atoms in total. The van der Waals surface area contributed by atoms with E-state index >= 15 is 0 Å². The Kier molecular flexibility index (Phi) is 3.06. The van der Waals surface area contributed by atoms with Gasteiger partial charge in [0.15, 0.2) is 0 Å². The lowest BCUT2D eigenvalue weighted by Crippen LogP contribution is -2.48. The van der Waals surface area contributed by atoms with E-state index in [2.05, 4.69) is 11.4 Å². The molecule has 3 heteroatoms. The van der Waals surface area contributed by atoms with Gasteiger partial charge in [0.25, 0.3) is 0 Å². The highest BCUT2D eigenvalue weighted by Gasteiger charge is 2.16. The summed E-state index contributed by atoms with van der Waals surface area (Å²) in [6.07, 6.45) is 0.394. The number of hydrogen-bond donors (Lipinski definition) is 1. The zero-order valence-corrected chi connectivity index (χ0v) is 8.97. The minimum absolute atomic E-state index is 0.394. The van der Waals surface area contributed by atoms with Gasteiger partial charge < -0.3 is 10.1 Å². The summed E-state index contributed by atoms with van der Waals surface area (Å²) in [7, 11) is 0. The smallest absolute Gasteiger partial charge is 0.0828 e. The van der Waals surface area contributed by atoms with Gasteiger partial charge in [-0.25, -0.2) is 0 Å². The summed E-state index contributed by atoms with van der Waals surface area (Å²) < 4.78 is 5.65. The fourth-order valence-electron chi connectivity index (χ4n) is 1.39. The van der Waals surface area contributed by atoms with Gasteiger partial charge in [0.1, 0.15) is 0 Å². The minimum Gasteiger partial charge on any atom is -0.371 e. The zero-order valence-electron chi connectivity index (χ0n) is 8.22. The standard InChI is InChI=1S/C11H14ClNO/c1-8-4-9(2-3-11(8)12)7-14-10-5-13-6-10/h2-4,10,13H,5-7H2,1H3. The van der Waals surface area contributed by atoms with Crippen LogP contribution in [0.15, 0.2) is 18.2 Å². The summed E-state index contributed by atoms with van der Waals surface area (Å²) >= 11 is 5.93. The van der Waals surface area contributed by atoms with Gasteiger partial charge in [-0.05, 0) is 24.1 Å². The van der Waals surface area contributed by atoms with Crippen LogP contribution in [0, 0.1) is 6.92 Å². The molecule has 1 saturated heterocycles. The molecule has 0 aromatic heterocycles. The molecule has 1 aliphatic rings. The summed E-state index contributed by atoms with van der Waals surface area (Å²) in [6, 6.07) is 6.02. The number of benzene rings is 1. The lowest BCUT2D eigenvalue weighted by molar-refractivity contribution is 0.00757. The molecule has 14 heavy (non-hydrogen) atoms. The molecule has 1 aromatic carbocycles. The molecule has 0 aliphatic carbocycles. The number of aryl methyl sites for hydroxylation is 1. The Hall–Kier alpha value is -0.570. The van der Waals surface area contributed by atoms with Crippen molar-refractivity contribution in [3.05, 3.63) is 34.3 Å². The molecule has 0 saturated carbocycles. The van der Waals surface area contributed by atoms with E-state index in [9.17, 15) is 0 Å². The molecule has 1 fully saturated rings. The van der Waals surface area contributed by atoms with Gasteiger partial charge in [0.2, 0.25) is 0 Å². The summed E-state index contributed by atoms with van der Waals surface area (Å²) in [6.45, 7) is 4.65. The second-order valence-electron chi connectivity index (χ2n) is 3.67. The minimum atomic E-state index is 0.394. The van der Waals surface area contributed by atoms with E-state index in [1.54, 1.807) is 0 Å². The molecule has 0 amide bonds. The van der Waals surface area contributed by atoms with Crippen molar-refractivity contribution < 1.29 is 4.74 Å². The Labute approximate surface area is 89.2 Å². The third-order valence-electron chi connectivity index (χ3n) is 2.45. The van der Waals surface area contributed by atoms with E-state index in [-0.39, 0.29) is 0 Å². The zero-order chi connectivity index (χ0) is 9.97. The maximum absolute atomic E-state index is 5.93. The highest BCUT2D eigenvalue weighted by atomic mass is 35.5. The van der Waals surface area contributed by atoms with Crippen molar-refractivity contribution in [3.63, 3.8) is 0 Å². The Morgan fingerprint density at radius 1 is 1.50 bits per heavy atom. The van der Waals surface area contributed by atoms with Crippen LogP contribution in [0.3, 0.4) is 0 Å². The Balaban J connectivity index is 1.91. The first kappa shape index (κ1) is 9.97. The maximum atomic E-state index is 5.93. The summed E-state index contributed by atoms with van der Waals surface area (Å²) in [5.74, 6) is 0. The molecular weight excluding hydrogens is 198 g/mol. The number of halogens is 1. The normalized spacial score (nSPS) is 16.7. The van der Waals surface area contributed by atoms with Crippen molar-refractivity contribution in [2.75, 3.05) is 13.1 Å².